The third-order valence-corrected chi connectivity index (χ3v) is 10.5. The SMILES string of the molecule is CCOc1cc(C2/C(=C(\O)c3ccc4c(c3)CC(C)O4)C(=O)C(=O)N2c2nnc(SCc3ccccc3Cl)s2)ccc1OCCC(C)C. The molecule has 9 nitrogen and oxygen atoms in total. The summed E-state index contributed by atoms with van der Waals surface area (Å²) in [6.07, 6.45) is 1.54. The number of halogens is 1. The van der Waals surface area contributed by atoms with E-state index < -0.39 is 17.7 Å². The lowest BCUT2D eigenvalue weighted by atomic mass is 9.94. The summed E-state index contributed by atoms with van der Waals surface area (Å²) in [7, 11) is 0. The maximum Gasteiger partial charge on any atom is 0.301 e. The van der Waals surface area contributed by atoms with Gasteiger partial charge < -0.3 is 19.3 Å². The number of benzene rings is 3. The van der Waals surface area contributed by atoms with Crippen molar-refractivity contribution in [3.05, 3.63) is 93.5 Å². The van der Waals surface area contributed by atoms with E-state index in [1.807, 2.05) is 44.2 Å². The zero-order valence-corrected chi connectivity index (χ0v) is 29.5. The third-order valence-electron chi connectivity index (χ3n) is 8.06. The van der Waals surface area contributed by atoms with Crippen LogP contribution in [-0.4, -0.2) is 46.3 Å². The van der Waals surface area contributed by atoms with Crippen LogP contribution in [0.5, 0.6) is 17.2 Å². The number of amides is 1. The Bertz CT molecular complexity index is 1880. The van der Waals surface area contributed by atoms with Gasteiger partial charge in [0.1, 0.15) is 17.6 Å². The summed E-state index contributed by atoms with van der Waals surface area (Å²) >= 11 is 8.97. The van der Waals surface area contributed by atoms with Crippen molar-refractivity contribution in [3.63, 3.8) is 0 Å². The van der Waals surface area contributed by atoms with Gasteiger partial charge in [0.2, 0.25) is 5.13 Å². The summed E-state index contributed by atoms with van der Waals surface area (Å²) in [6, 6.07) is 17.2. The molecule has 4 aromatic rings. The molecule has 6 rings (SSSR count). The average Bonchev–Trinajstić information content (AvgIpc) is 3.75. The second-order valence-electron chi connectivity index (χ2n) is 12.0. The lowest BCUT2D eigenvalue weighted by Gasteiger charge is -2.24. The molecular formula is C36H36ClN3O6S2. The number of hydrogen-bond acceptors (Lipinski definition) is 10. The second kappa shape index (κ2) is 14.6. The maximum absolute atomic E-state index is 13.9. The Kier molecular flexibility index (Phi) is 10.3. The van der Waals surface area contributed by atoms with E-state index in [1.165, 1.54) is 28.0 Å². The van der Waals surface area contributed by atoms with E-state index in [-0.39, 0.29) is 22.6 Å². The second-order valence-corrected chi connectivity index (χ2v) is 14.6. The van der Waals surface area contributed by atoms with Crippen molar-refractivity contribution >= 4 is 57.3 Å². The number of carbonyl (C=O) groups is 2. The molecule has 2 aliphatic rings. The molecule has 0 saturated carbocycles. The lowest BCUT2D eigenvalue weighted by molar-refractivity contribution is -0.132. The minimum atomic E-state index is -1.01. The quantitative estimate of drug-likeness (QED) is 0.0512. The largest absolute Gasteiger partial charge is 0.507 e. The zero-order valence-electron chi connectivity index (χ0n) is 27.1. The van der Waals surface area contributed by atoms with Gasteiger partial charge in [-0.2, -0.15) is 0 Å². The first-order valence-corrected chi connectivity index (χ1v) is 18.0. The molecule has 48 heavy (non-hydrogen) atoms. The van der Waals surface area contributed by atoms with E-state index in [0.29, 0.717) is 63.3 Å². The highest BCUT2D eigenvalue weighted by Crippen LogP contribution is 2.46. The number of aliphatic hydroxyl groups excluding tert-OH is 1. The number of Topliss-reactive ketones (excluding diaryl/α,β-unsaturated/α-hetero) is 1. The molecule has 0 bridgehead atoms. The van der Waals surface area contributed by atoms with E-state index in [4.69, 9.17) is 25.8 Å². The first-order valence-electron chi connectivity index (χ1n) is 15.8. The van der Waals surface area contributed by atoms with Gasteiger partial charge in [-0.05, 0) is 79.3 Å². The van der Waals surface area contributed by atoms with E-state index in [1.54, 1.807) is 30.3 Å². The molecule has 1 saturated heterocycles. The molecule has 0 radical (unpaired) electrons. The van der Waals surface area contributed by atoms with Crippen LogP contribution in [0.2, 0.25) is 5.02 Å². The fourth-order valence-electron chi connectivity index (χ4n) is 5.67. The molecular weight excluding hydrogens is 670 g/mol. The molecule has 0 spiro atoms. The normalized spacial score (nSPS) is 18.3. The van der Waals surface area contributed by atoms with Crippen LogP contribution in [0.15, 0.2) is 70.6 Å². The van der Waals surface area contributed by atoms with Gasteiger partial charge in [0, 0.05) is 22.8 Å². The fourth-order valence-corrected chi connectivity index (χ4v) is 7.82. The van der Waals surface area contributed by atoms with Gasteiger partial charge in [0.25, 0.3) is 5.78 Å². The highest BCUT2D eigenvalue weighted by atomic mass is 35.5. The Morgan fingerprint density at radius 1 is 1.10 bits per heavy atom. The fraction of sp³-hybridized carbons (Fsp3) is 0.333. The smallest absolute Gasteiger partial charge is 0.301 e. The number of thioether (sulfide) groups is 1. The Balaban J connectivity index is 1.41. The molecule has 2 unspecified atom stereocenters. The minimum Gasteiger partial charge on any atom is -0.507 e. The van der Waals surface area contributed by atoms with Crippen molar-refractivity contribution < 1.29 is 28.9 Å². The van der Waals surface area contributed by atoms with E-state index in [9.17, 15) is 14.7 Å². The molecule has 2 atom stereocenters. The topological polar surface area (TPSA) is 111 Å². The van der Waals surface area contributed by atoms with Gasteiger partial charge in [-0.15, -0.1) is 10.2 Å². The van der Waals surface area contributed by atoms with Crippen molar-refractivity contribution in [1.29, 1.82) is 0 Å². The first kappa shape index (κ1) is 33.8. The van der Waals surface area contributed by atoms with Gasteiger partial charge >= 0.3 is 5.91 Å². The minimum absolute atomic E-state index is 0.00335. The Morgan fingerprint density at radius 2 is 1.92 bits per heavy atom. The number of ether oxygens (including phenoxy) is 3. The number of fused-ring (bicyclic) bond motifs is 1. The van der Waals surface area contributed by atoms with Crippen LogP contribution < -0.4 is 19.1 Å². The maximum atomic E-state index is 13.9. The summed E-state index contributed by atoms with van der Waals surface area (Å²) in [4.78, 5) is 29.0. The number of aromatic nitrogens is 2. The molecule has 3 heterocycles. The first-order chi connectivity index (χ1) is 23.1. The number of ketones is 1. The van der Waals surface area contributed by atoms with Crippen LogP contribution in [0.1, 0.15) is 62.4 Å². The molecule has 2 aliphatic heterocycles. The highest BCUT2D eigenvalue weighted by molar-refractivity contribution is 8.00. The summed E-state index contributed by atoms with van der Waals surface area (Å²) < 4.78 is 18.5. The van der Waals surface area contributed by atoms with Gasteiger partial charge in [0.05, 0.1) is 24.8 Å². The summed E-state index contributed by atoms with van der Waals surface area (Å²) in [5.41, 5.74) is 2.77. The van der Waals surface area contributed by atoms with Crippen molar-refractivity contribution in [2.24, 2.45) is 5.92 Å². The van der Waals surface area contributed by atoms with E-state index in [2.05, 4.69) is 24.0 Å². The molecule has 1 N–H and O–H groups in total. The number of aliphatic hydroxyl groups is 1. The van der Waals surface area contributed by atoms with Gasteiger partial charge in [-0.1, -0.05) is 72.8 Å². The van der Waals surface area contributed by atoms with Crippen LogP contribution >= 0.6 is 34.7 Å². The number of anilines is 1. The van der Waals surface area contributed by atoms with E-state index >= 15 is 0 Å². The summed E-state index contributed by atoms with van der Waals surface area (Å²) in [5.74, 6) is 0.867. The van der Waals surface area contributed by atoms with Crippen LogP contribution in [0, 0.1) is 5.92 Å². The summed E-state index contributed by atoms with van der Waals surface area (Å²) in [5, 5.41) is 21.3. The molecule has 3 aromatic carbocycles. The third kappa shape index (κ3) is 7.04. The lowest BCUT2D eigenvalue weighted by Crippen LogP contribution is -2.29. The van der Waals surface area contributed by atoms with Crippen molar-refractivity contribution in [3.8, 4) is 17.2 Å². The standard InChI is InChI=1S/C36H36ClN3O6S2/c1-5-44-29-18-22(10-13-28(29)45-15-14-20(2)3)31-30(32(41)23-11-12-27-25(17-23)16-21(4)46-27)33(42)34(43)40(31)35-38-39-36(48-35)47-19-24-8-6-7-9-26(24)37/h6-13,17-18,20-21,31,41H,5,14-16,19H2,1-4H3/b32-30+. The highest BCUT2D eigenvalue weighted by Gasteiger charge is 2.48. The Morgan fingerprint density at radius 3 is 2.69 bits per heavy atom. The molecule has 1 fully saturated rings. The van der Waals surface area contributed by atoms with Gasteiger partial charge in [0.15, 0.2) is 15.8 Å². The molecule has 1 aromatic heterocycles. The van der Waals surface area contributed by atoms with Crippen molar-refractivity contribution in [2.75, 3.05) is 18.1 Å². The van der Waals surface area contributed by atoms with Crippen molar-refractivity contribution in [2.45, 2.75) is 62.8 Å². The van der Waals surface area contributed by atoms with Crippen LogP contribution in [0.25, 0.3) is 5.76 Å². The van der Waals surface area contributed by atoms with Crippen LogP contribution in [-0.2, 0) is 21.8 Å². The van der Waals surface area contributed by atoms with Crippen molar-refractivity contribution in [1.82, 2.24) is 10.2 Å². The number of rotatable bonds is 12. The number of nitrogens with zero attached hydrogens (tertiary/aromatic N) is 3. The molecule has 0 aliphatic carbocycles. The van der Waals surface area contributed by atoms with Crippen LogP contribution in [0.3, 0.4) is 0 Å². The van der Waals surface area contributed by atoms with Gasteiger partial charge in [-0.3, -0.25) is 14.5 Å². The zero-order chi connectivity index (χ0) is 33.9. The predicted octanol–water partition coefficient (Wildman–Crippen LogP) is 8.26. The van der Waals surface area contributed by atoms with Crippen LogP contribution in [0.4, 0.5) is 5.13 Å². The summed E-state index contributed by atoms with van der Waals surface area (Å²) in [6.45, 7) is 8.99. The number of carbonyl (C=O) groups excluding carboxylic acids is 2. The predicted molar refractivity (Wildman–Crippen MR) is 189 cm³/mol. The molecule has 250 valence electrons. The van der Waals surface area contributed by atoms with Gasteiger partial charge in [-0.25, -0.2) is 0 Å². The Labute approximate surface area is 292 Å². The molecule has 1 amide bonds. The Hall–Kier alpha value is -4.06. The number of hydrogen-bond donors (Lipinski definition) is 1. The monoisotopic (exact) mass is 705 g/mol. The average molecular weight is 706 g/mol. The molecule has 12 heteroatoms. The van der Waals surface area contributed by atoms with E-state index in [0.717, 1.165) is 23.3 Å².